The highest BCUT2D eigenvalue weighted by Crippen LogP contribution is 2.36. The van der Waals surface area contributed by atoms with E-state index < -0.39 is 0 Å². The molecule has 0 bridgehead atoms. The molecule has 0 saturated carbocycles. The van der Waals surface area contributed by atoms with E-state index in [1.165, 1.54) is 11.9 Å². The smallest absolute Gasteiger partial charge is 0.174 e. The maximum absolute atomic E-state index is 5.67. The minimum atomic E-state index is 0.416. The highest BCUT2D eigenvalue weighted by Gasteiger charge is 2.14. The maximum atomic E-state index is 5.67. The monoisotopic (exact) mass is 220 g/mol. The first-order valence-corrected chi connectivity index (χ1v) is 5.23. The molecule has 0 atom stereocenters. The van der Waals surface area contributed by atoms with E-state index in [1.54, 1.807) is 0 Å². The zero-order valence-electron chi connectivity index (χ0n) is 7.94. The van der Waals surface area contributed by atoms with Crippen LogP contribution in [0.25, 0.3) is 11.0 Å². The van der Waals surface area contributed by atoms with Crippen LogP contribution in [0.4, 0.5) is 11.5 Å². The lowest BCUT2D eigenvalue weighted by Gasteiger charge is -2.13. The molecule has 6 heteroatoms. The van der Waals surface area contributed by atoms with Gasteiger partial charge in [-0.2, -0.15) is 0 Å². The maximum Gasteiger partial charge on any atom is 0.174 e. The van der Waals surface area contributed by atoms with E-state index >= 15 is 0 Å². The molecular weight excluding hydrogens is 212 g/mol. The molecule has 1 aromatic heterocycles. The molecule has 0 saturated heterocycles. The summed E-state index contributed by atoms with van der Waals surface area (Å²) in [5.41, 5.74) is 7.23. The summed E-state index contributed by atoms with van der Waals surface area (Å²) < 4.78 is 8.17. The van der Waals surface area contributed by atoms with Gasteiger partial charge in [0.2, 0.25) is 0 Å². The van der Waals surface area contributed by atoms with Crippen molar-refractivity contribution in [2.24, 2.45) is 4.99 Å². The summed E-state index contributed by atoms with van der Waals surface area (Å²) >= 11 is 1.52. The van der Waals surface area contributed by atoms with Crippen LogP contribution in [0, 0.1) is 0 Å². The van der Waals surface area contributed by atoms with Crippen LogP contribution in [0.1, 0.15) is 6.92 Å². The Kier molecular flexibility index (Phi) is 1.66. The lowest BCUT2D eigenvalue weighted by Crippen LogP contribution is -2.13. The Morgan fingerprint density at radius 2 is 2.33 bits per heavy atom. The van der Waals surface area contributed by atoms with Gasteiger partial charge in [-0.05, 0) is 24.9 Å². The van der Waals surface area contributed by atoms with Crippen LogP contribution in [0.5, 0.6) is 0 Å². The number of aliphatic imine (C=N–C) groups is 1. The highest BCUT2D eigenvalue weighted by atomic mass is 32.2. The van der Waals surface area contributed by atoms with Crippen LogP contribution in [-0.2, 0) is 0 Å². The summed E-state index contributed by atoms with van der Waals surface area (Å²) in [7, 11) is 0. The largest absolute Gasteiger partial charge is 0.380 e. The molecule has 5 nitrogen and oxygen atoms in total. The van der Waals surface area contributed by atoms with Crippen molar-refractivity contribution in [3.8, 4) is 0 Å². The van der Waals surface area contributed by atoms with E-state index in [9.17, 15) is 0 Å². The lowest BCUT2D eigenvalue weighted by molar-refractivity contribution is 0.460. The van der Waals surface area contributed by atoms with Gasteiger partial charge in [0.15, 0.2) is 11.4 Å². The topological polar surface area (TPSA) is 76.4 Å². The van der Waals surface area contributed by atoms with E-state index in [-0.39, 0.29) is 0 Å². The Balaban J connectivity index is 2.31. The molecule has 0 unspecified atom stereocenters. The van der Waals surface area contributed by atoms with Gasteiger partial charge in [0.25, 0.3) is 0 Å². The fourth-order valence-corrected chi connectivity index (χ4v) is 2.16. The predicted molar refractivity (Wildman–Crippen MR) is 60.2 cm³/mol. The number of aromatic nitrogens is 1. The zero-order chi connectivity index (χ0) is 10.4. The van der Waals surface area contributed by atoms with E-state index in [4.69, 9.17) is 10.3 Å². The summed E-state index contributed by atoms with van der Waals surface area (Å²) in [6.07, 6.45) is 0. The molecular formula is C9H8N4OS. The molecule has 0 radical (unpaired) electrons. The van der Waals surface area contributed by atoms with Gasteiger partial charge in [0.05, 0.1) is 16.0 Å². The first-order chi connectivity index (χ1) is 7.24. The van der Waals surface area contributed by atoms with Gasteiger partial charge in [-0.15, -0.1) is 0 Å². The molecule has 0 spiro atoms. The van der Waals surface area contributed by atoms with Gasteiger partial charge in [0.1, 0.15) is 5.84 Å². The normalized spacial score (nSPS) is 14.6. The number of rotatable bonds is 0. The van der Waals surface area contributed by atoms with Crippen LogP contribution >= 0.6 is 11.9 Å². The van der Waals surface area contributed by atoms with Crippen LogP contribution in [0.3, 0.4) is 0 Å². The van der Waals surface area contributed by atoms with Gasteiger partial charge in [0, 0.05) is 6.07 Å². The average Bonchev–Trinajstić information content (AvgIpc) is 2.57. The molecule has 1 aromatic carbocycles. The summed E-state index contributed by atoms with van der Waals surface area (Å²) in [6, 6.07) is 3.79. The molecule has 15 heavy (non-hydrogen) atoms. The summed E-state index contributed by atoms with van der Waals surface area (Å²) in [5, 5.41) is 4.54. The Bertz CT molecular complexity index is 575. The predicted octanol–water partition coefficient (Wildman–Crippen LogP) is 2.07. The van der Waals surface area contributed by atoms with Gasteiger partial charge in [-0.3, -0.25) is 0 Å². The Morgan fingerprint density at radius 3 is 3.20 bits per heavy atom. The fraction of sp³-hybridized carbons (Fsp3) is 0.111. The molecule has 2 aromatic rings. The fourth-order valence-electron chi connectivity index (χ4n) is 1.47. The molecule has 0 amide bonds. The van der Waals surface area contributed by atoms with Crippen LogP contribution in [0.15, 0.2) is 26.5 Å². The first kappa shape index (κ1) is 8.60. The van der Waals surface area contributed by atoms with Gasteiger partial charge < -0.3 is 15.0 Å². The van der Waals surface area contributed by atoms with Gasteiger partial charge in [-0.25, -0.2) is 4.99 Å². The van der Waals surface area contributed by atoms with Crippen LogP contribution < -0.4 is 10.5 Å². The number of nitrogens with one attached hydrogen (secondary N) is 1. The Labute approximate surface area is 89.8 Å². The second kappa shape index (κ2) is 2.90. The summed E-state index contributed by atoms with van der Waals surface area (Å²) in [5.74, 6) is 1.29. The third-order valence-corrected chi connectivity index (χ3v) is 3.12. The van der Waals surface area contributed by atoms with E-state index in [1.807, 2.05) is 19.1 Å². The van der Waals surface area contributed by atoms with Crippen LogP contribution in [0.2, 0.25) is 0 Å². The number of nitrogen functional groups attached to an aromatic ring is 1. The third kappa shape index (κ3) is 1.25. The quantitative estimate of drug-likeness (QED) is 0.664. The number of nitrogens with zero attached hydrogens (tertiary/aromatic N) is 2. The number of amidine groups is 1. The molecule has 2 heterocycles. The van der Waals surface area contributed by atoms with Gasteiger partial charge in [-0.1, -0.05) is 5.16 Å². The molecule has 0 aliphatic carbocycles. The Hall–Kier alpha value is -1.69. The SMILES string of the molecule is CC1=Nc2cc3onc(N)c3cc2SN1. The lowest BCUT2D eigenvalue weighted by atomic mass is 10.2. The number of nitrogens with two attached hydrogens (primary N) is 1. The van der Waals surface area contributed by atoms with Crippen LogP contribution in [-0.4, -0.2) is 11.0 Å². The van der Waals surface area contributed by atoms with E-state index in [0.29, 0.717) is 11.4 Å². The molecule has 1 aliphatic heterocycles. The molecule has 3 N–H and O–H groups in total. The van der Waals surface area contributed by atoms with Crippen molar-refractivity contribution in [3.63, 3.8) is 0 Å². The number of fused-ring (bicyclic) bond motifs is 2. The summed E-state index contributed by atoms with van der Waals surface area (Å²) in [4.78, 5) is 5.39. The minimum Gasteiger partial charge on any atom is -0.380 e. The van der Waals surface area contributed by atoms with Crippen molar-refractivity contribution < 1.29 is 4.52 Å². The van der Waals surface area contributed by atoms with Crippen molar-refractivity contribution in [1.29, 1.82) is 0 Å². The van der Waals surface area contributed by atoms with E-state index in [2.05, 4.69) is 14.9 Å². The molecule has 76 valence electrons. The van der Waals surface area contributed by atoms with Gasteiger partial charge >= 0.3 is 0 Å². The molecule has 1 aliphatic rings. The van der Waals surface area contributed by atoms with Crippen molar-refractivity contribution in [2.45, 2.75) is 11.8 Å². The molecule has 3 rings (SSSR count). The standard InChI is InChI=1S/C9H8N4OS/c1-4-11-6-3-7-5(9(10)12-14-7)2-8(6)15-13-4/h2-3H,1H3,(H2,10,12)(H,11,13). The number of benzene rings is 1. The van der Waals surface area contributed by atoms with Crippen molar-refractivity contribution >= 4 is 40.3 Å². The molecule has 0 fully saturated rings. The minimum absolute atomic E-state index is 0.416. The van der Waals surface area contributed by atoms with Crippen molar-refractivity contribution in [1.82, 2.24) is 9.88 Å². The highest BCUT2D eigenvalue weighted by molar-refractivity contribution is 7.98. The van der Waals surface area contributed by atoms with E-state index in [0.717, 1.165) is 21.8 Å². The first-order valence-electron chi connectivity index (χ1n) is 4.41. The third-order valence-electron chi connectivity index (χ3n) is 2.18. The number of hydrogen-bond acceptors (Lipinski definition) is 6. The number of anilines is 1. The van der Waals surface area contributed by atoms with Crippen molar-refractivity contribution in [3.05, 3.63) is 12.1 Å². The summed E-state index contributed by atoms with van der Waals surface area (Å²) in [6.45, 7) is 1.91. The second-order valence-electron chi connectivity index (χ2n) is 3.29. The zero-order valence-corrected chi connectivity index (χ0v) is 8.76. The average molecular weight is 220 g/mol. The second-order valence-corrected chi connectivity index (χ2v) is 4.13. The van der Waals surface area contributed by atoms with Crippen molar-refractivity contribution in [2.75, 3.05) is 5.73 Å². The number of hydrogen-bond donors (Lipinski definition) is 2. The Morgan fingerprint density at radius 1 is 1.47 bits per heavy atom.